The highest BCUT2D eigenvalue weighted by Gasteiger charge is 2.16. The largest absolute Gasteiger partial charge is 0.339 e. The van der Waals surface area contributed by atoms with Crippen LogP contribution in [0.15, 0.2) is 17.1 Å². The molecule has 5 nitrogen and oxygen atoms in total. The van der Waals surface area contributed by atoms with E-state index in [-0.39, 0.29) is 12.1 Å². The van der Waals surface area contributed by atoms with Crippen LogP contribution in [0.1, 0.15) is 19.8 Å². The number of nitrogens with zero attached hydrogens (tertiary/aromatic N) is 2. The lowest BCUT2D eigenvalue weighted by atomic mass is 10.4. The molecule has 1 saturated heterocycles. The predicted molar refractivity (Wildman–Crippen MR) is 56.1 cm³/mol. The molecule has 82 valence electrons. The molecule has 0 bridgehead atoms. The molecule has 0 radical (unpaired) electrons. The number of rotatable bonds is 2. The molecule has 2 rings (SSSR count). The summed E-state index contributed by atoms with van der Waals surface area (Å²) in [5, 5.41) is 0. The summed E-state index contributed by atoms with van der Waals surface area (Å²) < 4.78 is 0. The molecule has 0 saturated carbocycles. The average molecular weight is 209 g/mol. The van der Waals surface area contributed by atoms with Gasteiger partial charge in [0.15, 0.2) is 6.23 Å². The van der Waals surface area contributed by atoms with Crippen LogP contribution in [0.2, 0.25) is 0 Å². The van der Waals surface area contributed by atoms with Gasteiger partial charge >= 0.3 is 0 Å². The van der Waals surface area contributed by atoms with Gasteiger partial charge in [-0.2, -0.15) is 0 Å². The summed E-state index contributed by atoms with van der Waals surface area (Å²) in [6.07, 6.45) is 5.07. The Morgan fingerprint density at radius 2 is 2.33 bits per heavy atom. The van der Waals surface area contributed by atoms with Crippen LogP contribution in [0.3, 0.4) is 0 Å². The van der Waals surface area contributed by atoms with Crippen LogP contribution < -0.4 is 5.48 Å². The molecular formula is C10H15N3O2. The van der Waals surface area contributed by atoms with Gasteiger partial charge in [-0.3, -0.25) is 10.3 Å². The van der Waals surface area contributed by atoms with Crippen molar-refractivity contribution in [3.8, 4) is 0 Å². The molecule has 1 unspecified atom stereocenters. The van der Waals surface area contributed by atoms with Crippen molar-refractivity contribution in [3.05, 3.63) is 12.2 Å². The maximum atomic E-state index is 11.6. The Balaban J connectivity index is 1.85. The SMILES string of the molecule is CC1=NC(/C=C/C(=O)N2CCCC2)ON1. The van der Waals surface area contributed by atoms with Crippen molar-refractivity contribution in [1.82, 2.24) is 10.4 Å². The predicted octanol–water partition coefficient (Wildman–Crippen LogP) is 0.444. The van der Waals surface area contributed by atoms with E-state index in [0.717, 1.165) is 31.8 Å². The van der Waals surface area contributed by atoms with Crippen LogP contribution in [0.5, 0.6) is 0 Å². The maximum absolute atomic E-state index is 11.6. The zero-order chi connectivity index (χ0) is 10.7. The minimum absolute atomic E-state index is 0.0517. The topological polar surface area (TPSA) is 53.9 Å². The van der Waals surface area contributed by atoms with Crippen molar-refractivity contribution in [1.29, 1.82) is 0 Å². The lowest BCUT2D eigenvalue weighted by molar-refractivity contribution is -0.125. The Bertz CT molecular complexity index is 306. The molecule has 15 heavy (non-hydrogen) atoms. The molecule has 0 aromatic carbocycles. The highest BCUT2D eigenvalue weighted by atomic mass is 16.7. The van der Waals surface area contributed by atoms with Gasteiger partial charge in [0, 0.05) is 19.2 Å². The van der Waals surface area contributed by atoms with Gasteiger partial charge in [0.25, 0.3) is 0 Å². The van der Waals surface area contributed by atoms with Gasteiger partial charge in [0.05, 0.1) is 0 Å². The van der Waals surface area contributed by atoms with Gasteiger partial charge in [0.1, 0.15) is 5.84 Å². The number of hydrogen-bond acceptors (Lipinski definition) is 4. The van der Waals surface area contributed by atoms with Crippen molar-refractivity contribution < 1.29 is 9.63 Å². The van der Waals surface area contributed by atoms with E-state index in [4.69, 9.17) is 4.84 Å². The van der Waals surface area contributed by atoms with Crippen LogP contribution in [-0.2, 0) is 9.63 Å². The summed E-state index contributed by atoms with van der Waals surface area (Å²) in [7, 11) is 0. The summed E-state index contributed by atoms with van der Waals surface area (Å²) in [4.78, 5) is 22.6. The summed E-state index contributed by atoms with van der Waals surface area (Å²) >= 11 is 0. The molecule has 2 aliphatic heterocycles. The van der Waals surface area contributed by atoms with E-state index in [1.807, 2.05) is 11.8 Å². The van der Waals surface area contributed by atoms with Crippen LogP contribution in [0, 0.1) is 0 Å². The number of carbonyl (C=O) groups excluding carboxylic acids is 1. The first-order valence-corrected chi connectivity index (χ1v) is 5.19. The first-order valence-electron chi connectivity index (χ1n) is 5.19. The van der Waals surface area contributed by atoms with E-state index in [9.17, 15) is 4.79 Å². The Labute approximate surface area is 88.8 Å². The molecule has 2 heterocycles. The molecule has 0 aliphatic carbocycles. The minimum Gasteiger partial charge on any atom is -0.339 e. The number of hydrogen-bond donors (Lipinski definition) is 1. The Hall–Kier alpha value is -1.36. The van der Waals surface area contributed by atoms with E-state index < -0.39 is 0 Å². The summed E-state index contributed by atoms with van der Waals surface area (Å²) in [6, 6.07) is 0. The van der Waals surface area contributed by atoms with Crippen LogP contribution >= 0.6 is 0 Å². The summed E-state index contributed by atoms with van der Waals surface area (Å²) in [5.41, 5.74) is 2.64. The second kappa shape index (κ2) is 4.44. The smallest absolute Gasteiger partial charge is 0.246 e. The first-order chi connectivity index (χ1) is 7.25. The van der Waals surface area contributed by atoms with E-state index in [0.29, 0.717) is 0 Å². The second-order valence-electron chi connectivity index (χ2n) is 3.72. The third kappa shape index (κ3) is 2.56. The zero-order valence-electron chi connectivity index (χ0n) is 8.77. The van der Waals surface area contributed by atoms with Gasteiger partial charge in [-0.1, -0.05) is 0 Å². The van der Waals surface area contributed by atoms with Gasteiger partial charge in [0.2, 0.25) is 5.91 Å². The van der Waals surface area contributed by atoms with Crippen molar-refractivity contribution in [2.24, 2.45) is 4.99 Å². The zero-order valence-corrected chi connectivity index (χ0v) is 8.77. The fourth-order valence-electron chi connectivity index (χ4n) is 1.68. The standard InChI is InChI=1S/C10H15N3O2/c1-8-11-9(15-12-8)4-5-10(14)13-6-2-3-7-13/h4-5,9H,2-3,6-7H2,1H3,(H,11,12)/b5-4+. The fourth-order valence-corrected chi connectivity index (χ4v) is 1.68. The average Bonchev–Trinajstić information content (AvgIpc) is 2.84. The van der Waals surface area contributed by atoms with Crippen LogP contribution in [-0.4, -0.2) is 36.0 Å². The van der Waals surface area contributed by atoms with Crippen molar-refractivity contribution in [2.75, 3.05) is 13.1 Å². The number of aliphatic imine (C=N–C) groups is 1. The summed E-state index contributed by atoms with van der Waals surface area (Å²) in [6.45, 7) is 3.56. The van der Waals surface area contributed by atoms with E-state index in [2.05, 4.69) is 10.5 Å². The minimum atomic E-state index is -0.364. The quantitative estimate of drug-likeness (QED) is 0.671. The molecule has 0 spiro atoms. The van der Waals surface area contributed by atoms with Crippen molar-refractivity contribution in [2.45, 2.75) is 26.0 Å². The third-order valence-electron chi connectivity index (χ3n) is 2.47. The van der Waals surface area contributed by atoms with Gasteiger partial charge in [-0.05, 0) is 25.8 Å². The van der Waals surface area contributed by atoms with Crippen LogP contribution in [0.4, 0.5) is 0 Å². The Morgan fingerprint density at radius 3 is 2.93 bits per heavy atom. The van der Waals surface area contributed by atoms with E-state index in [1.54, 1.807) is 12.2 Å². The van der Waals surface area contributed by atoms with Crippen molar-refractivity contribution in [3.63, 3.8) is 0 Å². The molecule has 1 atom stereocenters. The highest BCUT2D eigenvalue weighted by Crippen LogP contribution is 2.08. The number of carbonyl (C=O) groups is 1. The third-order valence-corrected chi connectivity index (χ3v) is 2.47. The molecule has 1 fully saturated rings. The lowest BCUT2D eigenvalue weighted by Crippen LogP contribution is -2.25. The normalized spacial score (nSPS) is 25.8. The molecule has 0 aromatic rings. The molecule has 2 aliphatic rings. The number of nitrogens with one attached hydrogen (secondary N) is 1. The lowest BCUT2D eigenvalue weighted by Gasteiger charge is -2.11. The molecule has 1 N–H and O–H groups in total. The first kappa shape index (κ1) is 10.2. The van der Waals surface area contributed by atoms with Gasteiger partial charge in [-0.15, -0.1) is 0 Å². The molecular weight excluding hydrogens is 194 g/mol. The molecule has 0 aromatic heterocycles. The highest BCUT2D eigenvalue weighted by molar-refractivity contribution is 5.88. The summed E-state index contributed by atoms with van der Waals surface area (Å²) in [5.74, 6) is 0.786. The molecule has 5 heteroatoms. The van der Waals surface area contributed by atoms with Crippen LogP contribution in [0.25, 0.3) is 0 Å². The fraction of sp³-hybridized carbons (Fsp3) is 0.600. The Morgan fingerprint density at radius 1 is 1.60 bits per heavy atom. The maximum Gasteiger partial charge on any atom is 0.246 e. The molecule has 1 amide bonds. The monoisotopic (exact) mass is 209 g/mol. The van der Waals surface area contributed by atoms with Gasteiger partial charge < -0.3 is 4.90 Å². The van der Waals surface area contributed by atoms with Gasteiger partial charge in [-0.25, -0.2) is 9.83 Å². The number of amidine groups is 1. The Kier molecular flexibility index (Phi) is 3.01. The number of hydroxylamine groups is 1. The van der Waals surface area contributed by atoms with E-state index in [1.165, 1.54) is 0 Å². The second-order valence-corrected chi connectivity index (χ2v) is 3.72. The number of likely N-dealkylation sites (tertiary alicyclic amines) is 1. The number of amides is 1. The van der Waals surface area contributed by atoms with E-state index >= 15 is 0 Å². The van der Waals surface area contributed by atoms with Crippen molar-refractivity contribution >= 4 is 11.7 Å².